The number of anilines is 1. The SMILES string of the molecule is CCCN(CC(=O)N(C)C)c1ccc(Cl)cc1CNCC. The number of hydrogen-bond acceptors (Lipinski definition) is 3. The summed E-state index contributed by atoms with van der Waals surface area (Å²) in [7, 11) is 3.57. The number of likely N-dealkylation sites (N-methyl/N-ethyl adjacent to an activating group) is 1. The van der Waals surface area contributed by atoms with Crippen molar-refractivity contribution in [1.82, 2.24) is 10.2 Å². The van der Waals surface area contributed by atoms with E-state index in [0.29, 0.717) is 6.54 Å². The summed E-state index contributed by atoms with van der Waals surface area (Å²) < 4.78 is 0. The predicted molar refractivity (Wildman–Crippen MR) is 90.0 cm³/mol. The van der Waals surface area contributed by atoms with E-state index >= 15 is 0 Å². The van der Waals surface area contributed by atoms with Gasteiger partial charge in [0.2, 0.25) is 5.91 Å². The van der Waals surface area contributed by atoms with E-state index in [0.717, 1.165) is 42.3 Å². The van der Waals surface area contributed by atoms with Gasteiger partial charge in [0.05, 0.1) is 6.54 Å². The molecule has 0 aromatic heterocycles. The Morgan fingerprint density at radius 2 is 2.00 bits per heavy atom. The fraction of sp³-hybridized carbons (Fsp3) is 0.562. The quantitative estimate of drug-likeness (QED) is 0.802. The van der Waals surface area contributed by atoms with Crippen molar-refractivity contribution < 1.29 is 4.79 Å². The summed E-state index contributed by atoms with van der Waals surface area (Å²) in [5.74, 6) is 0.104. The number of hydrogen-bond donors (Lipinski definition) is 1. The van der Waals surface area contributed by atoms with Gasteiger partial charge in [-0.25, -0.2) is 0 Å². The highest BCUT2D eigenvalue weighted by atomic mass is 35.5. The first kappa shape index (κ1) is 17.8. The summed E-state index contributed by atoms with van der Waals surface area (Å²) in [6, 6.07) is 5.87. The van der Waals surface area contributed by atoms with E-state index in [2.05, 4.69) is 24.1 Å². The van der Waals surface area contributed by atoms with Gasteiger partial charge in [-0.3, -0.25) is 4.79 Å². The first-order valence-electron chi connectivity index (χ1n) is 7.43. The normalized spacial score (nSPS) is 10.5. The average molecular weight is 312 g/mol. The molecule has 21 heavy (non-hydrogen) atoms. The van der Waals surface area contributed by atoms with Crippen molar-refractivity contribution in [3.8, 4) is 0 Å². The second kappa shape index (κ2) is 8.90. The molecule has 1 N–H and O–H groups in total. The second-order valence-corrected chi connectivity index (χ2v) is 5.70. The standard InChI is InChI=1S/C16H26ClN3O/c1-5-9-20(12-16(21)19(3)4)15-8-7-14(17)10-13(15)11-18-6-2/h7-8,10,18H,5-6,9,11-12H2,1-4H3. The number of amides is 1. The lowest BCUT2D eigenvalue weighted by Gasteiger charge is -2.27. The van der Waals surface area contributed by atoms with Gasteiger partial charge in [0.25, 0.3) is 0 Å². The van der Waals surface area contributed by atoms with Crippen molar-refractivity contribution in [3.63, 3.8) is 0 Å². The molecule has 0 heterocycles. The van der Waals surface area contributed by atoms with Crippen LogP contribution in [0, 0.1) is 0 Å². The highest BCUT2D eigenvalue weighted by Crippen LogP contribution is 2.25. The van der Waals surface area contributed by atoms with Crippen molar-refractivity contribution in [2.75, 3.05) is 38.6 Å². The minimum absolute atomic E-state index is 0.104. The van der Waals surface area contributed by atoms with Crippen LogP contribution in [0.3, 0.4) is 0 Å². The zero-order chi connectivity index (χ0) is 15.8. The lowest BCUT2D eigenvalue weighted by molar-refractivity contribution is -0.127. The molecule has 4 nitrogen and oxygen atoms in total. The number of nitrogens with one attached hydrogen (secondary N) is 1. The molecule has 0 radical (unpaired) electrons. The minimum Gasteiger partial charge on any atom is -0.362 e. The van der Waals surface area contributed by atoms with Gasteiger partial charge in [0.15, 0.2) is 0 Å². The maximum Gasteiger partial charge on any atom is 0.241 e. The van der Waals surface area contributed by atoms with Gasteiger partial charge in [-0.2, -0.15) is 0 Å². The molecule has 0 saturated heterocycles. The Kier molecular flexibility index (Phi) is 7.54. The van der Waals surface area contributed by atoms with E-state index in [1.54, 1.807) is 19.0 Å². The minimum atomic E-state index is 0.104. The van der Waals surface area contributed by atoms with Gasteiger partial charge in [0.1, 0.15) is 0 Å². The molecule has 0 saturated carbocycles. The third kappa shape index (κ3) is 5.56. The van der Waals surface area contributed by atoms with Crippen LogP contribution >= 0.6 is 11.6 Å². The third-order valence-electron chi connectivity index (χ3n) is 3.27. The smallest absolute Gasteiger partial charge is 0.241 e. The zero-order valence-corrected chi connectivity index (χ0v) is 14.2. The van der Waals surface area contributed by atoms with Crippen molar-refractivity contribution in [2.45, 2.75) is 26.8 Å². The van der Waals surface area contributed by atoms with Crippen molar-refractivity contribution in [3.05, 3.63) is 28.8 Å². The van der Waals surface area contributed by atoms with Crippen molar-refractivity contribution in [1.29, 1.82) is 0 Å². The van der Waals surface area contributed by atoms with Crippen LogP contribution in [-0.4, -0.2) is 44.5 Å². The monoisotopic (exact) mass is 311 g/mol. The maximum absolute atomic E-state index is 12.0. The molecule has 0 unspecified atom stereocenters. The fourth-order valence-corrected chi connectivity index (χ4v) is 2.32. The lowest BCUT2D eigenvalue weighted by Crippen LogP contribution is -2.37. The van der Waals surface area contributed by atoms with Crippen LogP contribution in [-0.2, 0) is 11.3 Å². The molecule has 0 aliphatic heterocycles. The van der Waals surface area contributed by atoms with Crippen LogP contribution in [0.25, 0.3) is 0 Å². The Hall–Kier alpha value is -1.26. The number of carbonyl (C=O) groups excluding carboxylic acids is 1. The second-order valence-electron chi connectivity index (χ2n) is 5.26. The van der Waals surface area contributed by atoms with E-state index in [-0.39, 0.29) is 5.91 Å². The van der Waals surface area contributed by atoms with Gasteiger partial charge in [-0.15, -0.1) is 0 Å². The highest BCUT2D eigenvalue weighted by Gasteiger charge is 2.15. The molecule has 1 aromatic rings. The summed E-state index contributed by atoms with van der Waals surface area (Å²) in [6.07, 6.45) is 0.990. The summed E-state index contributed by atoms with van der Waals surface area (Å²) in [6.45, 7) is 7.08. The summed E-state index contributed by atoms with van der Waals surface area (Å²) >= 11 is 6.11. The Morgan fingerprint density at radius 1 is 1.29 bits per heavy atom. The number of rotatable bonds is 8. The Balaban J connectivity index is 3.02. The Bertz CT molecular complexity index is 463. The fourth-order valence-electron chi connectivity index (χ4n) is 2.12. The largest absolute Gasteiger partial charge is 0.362 e. The maximum atomic E-state index is 12.0. The molecule has 0 atom stereocenters. The highest BCUT2D eigenvalue weighted by molar-refractivity contribution is 6.30. The molecular weight excluding hydrogens is 286 g/mol. The Morgan fingerprint density at radius 3 is 2.57 bits per heavy atom. The molecule has 1 rings (SSSR count). The van der Waals surface area contributed by atoms with Crippen molar-refractivity contribution >= 4 is 23.2 Å². The van der Waals surface area contributed by atoms with E-state index in [9.17, 15) is 4.79 Å². The van der Waals surface area contributed by atoms with Crippen LogP contribution < -0.4 is 10.2 Å². The van der Waals surface area contributed by atoms with E-state index in [1.807, 2.05) is 18.2 Å². The summed E-state index contributed by atoms with van der Waals surface area (Å²) in [4.78, 5) is 15.8. The molecular formula is C16H26ClN3O. The van der Waals surface area contributed by atoms with Gasteiger partial charge in [-0.05, 0) is 36.7 Å². The number of halogens is 1. The number of carbonyl (C=O) groups is 1. The molecule has 0 fully saturated rings. The van der Waals surface area contributed by atoms with Crippen LogP contribution in [0.5, 0.6) is 0 Å². The molecule has 0 bridgehead atoms. The first-order valence-corrected chi connectivity index (χ1v) is 7.81. The molecule has 118 valence electrons. The topological polar surface area (TPSA) is 35.6 Å². The molecule has 1 amide bonds. The van der Waals surface area contributed by atoms with Gasteiger partial charge in [-0.1, -0.05) is 25.4 Å². The van der Waals surface area contributed by atoms with Crippen molar-refractivity contribution in [2.24, 2.45) is 0 Å². The number of nitrogens with zero attached hydrogens (tertiary/aromatic N) is 2. The van der Waals surface area contributed by atoms with E-state index in [1.165, 1.54) is 0 Å². The van der Waals surface area contributed by atoms with E-state index < -0.39 is 0 Å². The molecule has 0 aliphatic rings. The Labute approximate surface area is 133 Å². The molecule has 1 aromatic carbocycles. The first-order chi connectivity index (χ1) is 9.99. The summed E-state index contributed by atoms with van der Waals surface area (Å²) in [5, 5.41) is 4.05. The van der Waals surface area contributed by atoms with Gasteiger partial charge in [0, 0.05) is 37.9 Å². The van der Waals surface area contributed by atoms with E-state index in [4.69, 9.17) is 11.6 Å². The summed E-state index contributed by atoms with van der Waals surface area (Å²) in [5.41, 5.74) is 2.21. The number of benzene rings is 1. The van der Waals surface area contributed by atoms with Gasteiger partial charge < -0.3 is 15.1 Å². The van der Waals surface area contributed by atoms with Crippen LogP contribution in [0.4, 0.5) is 5.69 Å². The molecule has 5 heteroatoms. The van der Waals surface area contributed by atoms with Crippen LogP contribution in [0.15, 0.2) is 18.2 Å². The lowest BCUT2D eigenvalue weighted by atomic mass is 10.1. The molecule has 0 spiro atoms. The predicted octanol–water partition coefficient (Wildman–Crippen LogP) is 2.75. The van der Waals surface area contributed by atoms with Crippen LogP contribution in [0.2, 0.25) is 5.02 Å². The average Bonchev–Trinajstić information content (AvgIpc) is 2.44. The molecule has 0 aliphatic carbocycles. The third-order valence-corrected chi connectivity index (χ3v) is 3.50. The zero-order valence-electron chi connectivity index (χ0n) is 13.4. The van der Waals surface area contributed by atoms with Crippen LogP contribution in [0.1, 0.15) is 25.8 Å². The van der Waals surface area contributed by atoms with Gasteiger partial charge >= 0.3 is 0 Å².